The van der Waals surface area contributed by atoms with Crippen LogP contribution in [-0.2, 0) is 6.54 Å². The molecule has 1 aromatic carbocycles. The first-order chi connectivity index (χ1) is 8.35. The highest BCUT2D eigenvalue weighted by Gasteiger charge is 2.39. The minimum atomic E-state index is 0.570. The molecule has 0 unspecified atom stereocenters. The van der Waals surface area contributed by atoms with Crippen LogP contribution in [0.4, 0.5) is 0 Å². The number of hydrogen-bond donors (Lipinski definition) is 1. The maximum atomic E-state index is 5.67. The van der Waals surface area contributed by atoms with Crippen molar-refractivity contribution in [3.63, 3.8) is 0 Å². The number of fused-ring (bicyclic) bond motifs is 6. The number of nitrogens with two attached hydrogens (primary N) is 1. The van der Waals surface area contributed by atoms with Crippen LogP contribution in [-0.4, -0.2) is 9.97 Å². The van der Waals surface area contributed by atoms with Crippen LogP contribution >= 0.6 is 0 Å². The monoisotopic (exact) mass is 225 g/mol. The Morgan fingerprint density at radius 2 is 1.76 bits per heavy atom. The van der Waals surface area contributed by atoms with Crippen molar-refractivity contribution in [2.45, 2.75) is 37.6 Å². The van der Waals surface area contributed by atoms with Gasteiger partial charge in [-0.1, -0.05) is 6.07 Å². The summed E-state index contributed by atoms with van der Waals surface area (Å²) < 4.78 is 0. The van der Waals surface area contributed by atoms with Crippen molar-refractivity contribution < 1.29 is 0 Å². The lowest BCUT2D eigenvalue weighted by atomic mass is 10.00. The zero-order valence-corrected chi connectivity index (χ0v) is 9.69. The van der Waals surface area contributed by atoms with Crippen molar-refractivity contribution in [1.82, 2.24) is 9.97 Å². The van der Waals surface area contributed by atoms with Gasteiger partial charge in [0.1, 0.15) is 0 Å². The normalized spacial score (nSPS) is 25.5. The third kappa shape index (κ3) is 1.26. The Kier molecular flexibility index (Phi) is 1.83. The highest BCUT2D eigenvalue weighted by atomic mass is 14.9. The first-order valence-electron chi connectivity index (χ1n) is 6.35. The molecule has 3 nitrogen and oxygen atoms in total. The van der Waals surface area contributed by atoms with Crippen LogP contribution < -0.4 is 5.73 Å². The van der Waals surface area contributed by atoms with Crippen LogP contribution in [0.2, 0.25) is 0 Å². The molecule has 2 aliphatic rings. The summed E-state index contributed by atoms with van der Waals surface area (Å²) in [5.74, 6) is 1.36. The second kappa shape index (κ2) is 3.26. The van der Waals surface area contributed by atoms with E-state index in [1.54, 1.807) is 0 Å². The molecule has 2 atom stereocenters. The minimum Gasteiger partial charge on any atom is -0.326 e. The van der Waals surface area contributed by atoms with Crippen molar-refractivity contribution in [2.24, 2.45) is 5.73 Å². The average molecular weight is 225 g/mol. The van der Waals surface area contributed by atoms with Gasteiger partial charge in [0, 0.05) is 18.4 Å². The fourth-order valence-corrected chi connectivity index (χ4v) is 3.33. The van der Waals surface area contributed by atoms with Gasteiger partial charge in [-0.2, -0.15) is 0 Å². The maximum absolute atomic E-state index is 5.67. The summed E-state index contributed by atoms with van der Waals surface area (Å²) in [6.45, 7) is 0.570. The van der Waals surface area contributed by atoms with Crippen LogP contribution in [0.25, 0.3) is 11.0 Å². The molecule has 1 fully saturated rings. The summed E-state index contributed by atoms with van der Waals surface area (Å²) in [5, 5.41) is 0. The summed E-state index contributed by atoms with van der Waals surface area (Å²) in [6, 6.07) is 6.18. The van der Waals surface area contributed by atoms with E-state index < -0.39 is 0 Å². The number of hydrogen-bond acceptors (Lipinski definition) is 3. The van der Waals surface area contributed by atoms with Crippen LogP contribution in [0, 0.1) is 0 Å². The molecule has 4 rings (SSSR count). The molecule has 1 heterocycles. The second-order valence-electron chi connectivity index (χ2n) is 5.23. The molecule has 2 N–H and O–H groups in total. The van der Waals surface area contributed by atoms with Crippen molar-refractivity contribution in [3.05, 3.63) is 35.2 Å². The first-order valence-corrected chi connectivity index (χ1v) is 6.35. The molecule has 2 aliphatic carbocycles. The fourth-order valence-electron chi connectivity index (χ4n) is 3.33. The molecule has 0 spiro atoms. The predicted octanol–water partition coefficient (Wildman–Crippen LogP) is 2.45. The smallest absolute Gasteiger partial charge is 0.0893 e. The second-order valence-corrected chi connectivity index (χ2v) is 5.23. The molecule has 17 heavy (non-hydrogen) atoms. The van der Waals surface area contributed by atoms with Gasteiger partial charge in [0.05, 0.1) is 22.4 Å². The van der Waals surface area contributed by atoms with Gasteiger partial charge in [0.2, 0.25) is 0 Å². The molecule has 0 saturated heterocycles. The van der Waals surface area contributed by atoms with Gasteiger partial charge in [0.25, 0.3) is 0 Å². The Morgan fingerprint density at radius 1 is 1.06 bits per heavy atom. The average Bonchev–Trinajstić information content (AvgIpc) is 2.97. The minimum absolute atomic E-state index is 0.570. The van der Waals surface area contributed by atoms with Gasteiger partial charge in [-0.25, -0.2) is 9.97 Å². The Hall–Kier alpha value is -1.48. The van der Waals surface area contributed by atoms with E-state index in [1.165, 1.54) is 30.7 Å². The number of benzene rings is 1. The molecule has 1 saturated carbocycles. The van der Waals surface area contributed by atoms with E-state index in [0.29, 0.717) is 18.4 Å². The SMILES string of the molecule is NCc1ccc2nc3c(nc2c1)[C@H]1CC[C@@H]3C1. The Morgan fingerprint density at radius 3 is 2.47 bits per heavy atom. The molecule has 3 heteroatoms. The van der Waals surface area contributed by atoms with Crippen molar-refractivity contribution >= 4 is 11.0 Å². The molecule has 2 bridgehead atoms. The fraction of sp³-hybridized carbons (Fsp3) is 0.429. The van der Waals surface area contributed by atoms with Crippen LogP contribution in [0.3, 0.4) is 0 Å². The van der Waals surface area contributed by atoms with Crippen LogP contribution in [0.15, 0.2) is 18.2 Å². The lowest BCUT2D eigenvalue weighted by molar-refractivity contribution is 0.685. The molecule has 0 radical (unpaired) electrons. The third-order valence-electron chi connectivity index (χ3n) is 4.23. The summed E-state index contributed by atoms with van der Waals surface area (Å²) >= 11 is 0. The van der Waals surface area contributed by atoms with Gasteiger partial charge in [-0.3, -0.25) is 0 Å². The predicted molar refractivity (Wildman–Crippen MR) is 66.8 cm³/mol. The van der Waals surface area contributed by atoms with E-state index in [9.17, 15) is 0 Å². The summed E-state index contributed by atoms with van der Waals surface area (Å²) in [6.07, 6.45) is 3.88. The van der Waals surface area contributed by atoms with Crippen molar-refractivity contribution in [3.8, 4) is 0 Å². The molecular formula is C14H15N3. The third-order valence-corrected chi connectivity index (χ3v) is 4.23. The standard InChI is InChI=1S/C14H15N3/c15-7-8-1-4-11-12(5-8)17-14-10-3-2-9(6-10)13(14)16-11/h1,4-5,9-10H,2-3,6-7,15H2/t9-,10+/m1/s1. The van der Waals surface area contributed by atoms with E-state index in [4.69, 9.17) is 15.7 Å². The van der Waals surface area contributed by atoms with Crippen LogP contribution in [0.5, 0.6) is 0 Å². The van der Waals surface area contributed by atoms with Gasteiger partial charge in [0.15, 0.2) is 0 Å². The zero-order chi connectivity index (χ0) is 11.4. The van der Waals surface area contributed by atoms with Crippen molar-refractivity contribution in [2.75, 3.05) is 0 Å². The van der Waals surface area contributed by atoms with Gasteiger partial charge < -0.3 is 5.73 Å². The summed E-state index contributed by atoms with van der Waals surface area (Å²) in [5.41, 5.74) is 11.4. The highest BCUT2D eigenvalue weighted by molar-refractivity contribution is 5.76. The van der Waals surface area contributed by atoms with E-state index >= 15 is 0 Å². The van der Waals surface area contributed by atoms with E-state index in [0.717, 1.165) is 16.6 Å². The van der Waals surface area contributed by atoms with E-state index in [1.807, 2.05) is 0 Å². The van der Waals surface area contributed by atoms with E-state index in [-0.39, 0.29) is 0 Å². The molecular weight excluding hydrogens is 210 g/mol. The lowest BCUT2D eigenvalue weighted by Gasteiger charge is -2.14. The Balaban J connectivity index is 1.97. The van der Waals surface area contributed by atoms with Crippen LogP contribution in [0.1, 0.15) is 48.0 Å². The van der Waals surface area contributed by atoms with E-state index in [2.05, 4.69) is 18.2 Å². The maximum Gasteiger partial charge on any atom is 0.0893 e. The largest absolute Gasteiger partial charge is 0.326 e. The van der Waals surface area contributed by atoms with Crippen molar-refractivity contribution in [1.29, 1.82) is 0 Å². The quantitative estimate of drug-likeness (QED) is 0.811. The molecule has 0 amide bonds. The topological polar surface area (TPSA) is 51.8 Å². The molecule has 0 aliphatic heterocycles. The molecule has 86 valence electrons. The Bertz CT molecular complexity index is 606. The number of rotatable bonds is 1. The molecule has 2 aromatic rings. The van der Waals surface area contributed by atoms with Gasteiger partial charge >= 0.3 is 0 Å². The lowest BCUT2D eigenvalue weighted by Crippen LogP contribution is -2.05. The number of nitrogens with zero attached hydrogens (tertiary/aromatic N) is 2. The number of aromatic nitrogens is 2. The summed E-state index contributed by atoms with van der Waals surface area (Å²) in [4.78, 5) is 9.64. The van der Waals surface area contributed by atoms with Gasteiger partial charge in [-0.15, -0.1) is 0 Å². The molecule has 1 aromatic heterocycles. The summed E-state index contributed by atoms with van der Waals surface area (Å²) in [7, 11) is 0. The first kappa shape index (κ1) is 9.54. The zero-order valence-electron chi connectivity index (χ0n) is 9.69. The van der Waals surface area contributed by atoms with Gasteiger partial charge in [-0.05, 0) is 37.0 Å². The Labute approximate surface area is 100 Å². The highest BCUT2D eigenvalue weighted by Crippen LogP contribution is 2.51.